The standard InChI is InChI=1S/C2H8N6O.ClH/c3-1(6-5)7-8-2(4)9;/h5H2,(H3,3,6,7)(H3,4,8,9);1H. The van der Waals surface area contributed by atoms with Gasteiger partial charge in [-0.25, -0.2) is 10.2 Å². The quantitative estimate of drug-likeness (QED) is 0.121. The van der Waals surface area contributed by atoms with Gasteiger partial charge in [-0.1, -0.05) is 0 Å². The number of primary amides is 1. The predicted molar refractivity (Wildman–Crippen MR) is 38.9 cm³/mol. The number of nitrogens with one attached hydrogen (secondary N) is 2. The van der Waals surface area contributed by atoms with Gasteiger partial charge < -0.3 is 17.3 Å². The third-order valence-electron chi connectivity index (χ3n) is 0.453. The van der Waals surface area contributed by atoms with E-state index in [4.69, 9.17) is 5.73 Å². The molecule has 0 heterocycles. The smallest absolute Gasteiger partial charge is 0.330 e. The molecule has 8 heteroatoms. The first kappa shape index (κ1) is 11.4. The van der Waals surface area contributed by atoms with Crippen LogP contribution in [0.5, 0.6) is 0 Å². The maximum Gasteiger partial charge on any atom is 0.330 e. The maximum atomic E-state index is 9.92. The van der Waals surface area contributed by atoms with Gasteiger partial charge in [0.2, 0.25) is 5.96 Å². The molecule has 0 aliphatic carbocycles. The molecule has 7 nitrogen and oxygen atoms in total. The molecule has 2 amide bonds. The van der Waals surface area contributed by atoms with Gasteiger partial charge in [0, 0.05) is 0 Å². The van der Waals surface area contributed by atoms with Crippen LogP contribution >= 0.6 is 12.4 Å². The van der Waals surface area contributed by atoms with Crippen molar-refractivity contribution in [3.8, 4) is 0 Å². The lowest BCUT2D eigenvalue weighted by Crippen LogP contribution is -2.48. The van der Waals surface area contributed by atoms with Crippen molar-refractivity contribution in [2.75, 3.05) is 0 Å². The van der Waals surface area contributed by atoms with Crippen LogP contribution in [-0.2, 0) is 0 Å². The number of halogens is 1. The van der Waals surface area contributed by atoms with Crippen molar-refractivity contribution in [2.45, 2.75) is 0 Å². The molecule has 0 aromatic rings. The third-order valence-corrected chi connectivity index (χ3v) is 0.453. The summed E-state index contributed by atoms with van der Waals surface area (Å²) in [5.74, 6) is 4.55. The number of carbonyl (C=O) groups excluding carboxylic acids is 1. The minimum atomic E-state index is -0.762. The molecule has 0 aromatic carbocycles. The van der Waals surface area contributed by atoms with Crippen molar-refractivity contribution in [3.05, 3.63) is 0 Å². The molecule has 0 spiro atoms. The molecule has 0 saturated carbocycles. The highest BCUT2D eigenvalue weighted by Crippen LogP contribution is 1.49. The highest BCUT2D eigenvalue weighted by molar-refractivity contribution is 5.85. The van der Waals surface area contributed by atoms with Gasteiger partial charge in [-0.3, -0.25) is 5.43 Å². The van der Waals surface area contributed by atoms with E-state index in [2.05, 4.69) is 22.1 Å². The molecule has 10 heavy (non-hydrogen) atoms. The van der Waals surface area contributed by atoms with Gasteiger partial charge in [-0.15, -0.1) is 17.5 Å². The second kappa shape index (κ2) is 5.76. The van der Waals surface area contributed by atoms with Gasteiger partial charge in [0.1, 0.15) is 0 Å². The van der Waals surface area contributed by atoms with Crippen LogP contribution in [-0.4, -0.2) is 12.0 Å². The first-order valence-corrected chi connectivity index (χ1v) is 2.01. The molecule has 0 bridgehead atoms. The summed E-state index contributed by atoms with van der Waals surface area (Å²) in [4.78, 5) is 9.92. The van der Waals surface area contributed by atoms with E-state index >= 15 is 0 Å². The molecular weight excluding hydrogens is 160 g/mol. The van der Waals surface area contributed by atoms with Crippen LogP contribution in [0, 0.1) is 0 Å². The van der Waals surface area contributed by atoms with E-state index in [0.717, 1.165) is 0 Å². The zero-order valence-electron chi connectivity index (χ0n) is 5.00. The molecule has 0 unspecified atom stereocenters. The van der Waals surface area contributed by atoms with E-state index in [1.165, 1.54) is 0 Å². The lowest BCUT2D eigenvalue weighted by Gasteiger charge is -2.01. The molecule has 0 saturated heterocycles. The van der Waals surface area contributed by atoms with Crippen LogP contribution in [0.4, 0.5) is 4.79 Å². The second-order valence-electron chi connectivity index (χ2n) is 1.13. The number of nitrogens with two attached hydrogens (primary N) is 3. The summed E-state index contributed by atoms with van der Waals surface area (Å²) in [5.41, 5.74) is 13.7. The fourth-order valence-corrected chi connectivity index (χ4v) is 0.158. The number of hydrogen-bond acceptors (Lipinski definition) is 3. The Labute approximate surface area is 63.4 Å². The van der Waals surface area contributed by atoms with Gasteiger partial charge in [-0.2, -0.15) is 0 Å². The average Bonchev–Trinajstić information content (AvgIpc) is 1.83. The Morgan fingerprint density at radius 3 is 2.10 bits per heavy atom. The first-order chi connectivity index (χ1) is 4.16. The van der Waals surface area contributed by atoms with E-state index in [-0.39, 0.29) is 18.4 Å². The van der Waals surface area contributed by atoms with Crippen molar-refractivity contribution >= 4 is 24.4 Å². The molecule has 0 aliphatic heterocycles. The van der Waals surface area contributed by atoms with E-state index in [1.54, 1.807) is 0 Å². The summed E-state index contributed by atoms with van der Waals surface area (Å²) in [7, 11) is 0. The van der Waals surface area contributed by atoms with Crippen LogP contribution in [0.15, 0.2) is 5.10 Å². The number of amides is 2. The predicted octanol–water partition coefficient (Wildman–Crippen LogP) is -2.23. The van der Waals surface area contributed by atoms with Crippen LogP contribution in [0.25, 0.3) is 0 Å². The number of rotatable bonds is 0. The Balaban J connectivity index is 0. The van der Waals surface area contributed by atoms with Gasteiger partial charge in [0.25, 0.3) is 0 Å². The number of hydrogen-bond donors (Lipinski definition) is 5. The molecule has 0 radical (unpaired) electrons. The second-order valence-corrected chi connectivity index (χ2v) is 1.13. The zero-order chi connectivity index (χ0) is 7.28. The van der Waals surface area contributed by atoms with Crippen molar-refractivity contribution in [3.63, 3.8) is 0 Å². The first-order valence-electron chi connectivity index (χ1n) is 2.01. The molecule has 0 aliphatic rings. The van der Waals surface area contributed by atoms with Crippen molar-refractivity contribution in [1.82, 2.24) is 10.9 Å². The van der Waals surface area contributed by atoms with Crippen molar-refractivity contribution in [2.24, 2.45) is 22.4 Å². The fraction of sp³-hybridized carbons (Fsp3) is 0. The van der Waals surface area contributed by atoms with E-state index in [1.807, 2.05) is 5.43 Å². The summed E-state index contributed by atoms with van der Waals surface area (Å²) in [6.07, 6.45) is 0. The normalized spacial score (nSPS) is 9.40. The summed E-state index contributed by atoms with van der Waals surface area (Å²) in [6, 6.07) is -0.762. The molecule has 8 N–H and O–H groups in total. The van der Waals surface area contributed by atoms with Crippen LogP contribution in [0.1, 0.15) is 0 Å². The monoisotopic (exact) mass is 168 g/mol. The fourth-order valence-electron chi connectivity index (χ4n) is 0.158. The molecule has 0 aromatic heterocycles. The molecule has 0 rings (SSSR count). The number of guanidine groups is 1. The highest BCUT2D eigenvalue weighted by atomic mass is 35.5. The maximum absolute atomic E-state index is 9.92. The summed E-state index contributed by atoms with van der Waals surface area (Å²) >= 11 is 0. The van der Waals surface area contributed by atoms with Crippen molar-refractivity contribution < 1.29 is 4.79 Å². The summed E-state index contributed by atoms with van der Waals surface area (Å²) in [5, 5.41) is 2.97. The van der Waals surface area contributed by atoms with Crippen LogP contribution in [0.2, 0.25) is 0 Å². The van der Waals surface area contributed by atoms with E-state index in [9.17, 15) is 4.79 Å². The Morgan fingerprint density at radius 2 is 1.80 bits per heavy atom. The number of urea groups is 1. The van der Waals surface area contributed by atoms with Crippen LogP contribution in [0.3, 0.4) is 0 Å². The number of hydrazone groups is 1. The number of hydrazine groups is 1. The van der Waals surface area contributed by atoms with Crippen molar-refractivity contribution in [1.29, 1.82) is 0 Å². The minimum absolute atomic E-state index is 0. The van der Waals surface area contributed by atoms with E-state index in [0.29, 0.717) is 0 Å². The average molecular weight is 169 g/mol. The number of nitrogens with zero attached hydrogens (tertiary/aromatic N) is 1. The third kappa shape index (κ3) is 6.63. The molecule has 0 fully saturated rings. The van der Waals surface area contributed by atoms with Crippen LogP contribution < -0.4 is 28.2 Å². The SMILES string of the molecule is Cl.NN=C(N)NNC(N)=O. The minimum Gasteiger partial charge on any atom is -0.367 e. The van der Waals surface area contributed by atoms with Gasteiger partial charge in [0.05, 0.1) is 0 Å². The Hall–Kier alpha value is -1.37. The Morgan fingerprint density at radius 1 is 1.30 bits per heavy atom. The molecular formula is C2H9ClN6O. The highest BCUT2D eigenvalue weighted by Gasteiger charge is 1.89. The largest absolute Gasteiger partial charge is 0.367 e. The molecule has 60 valence electrons. The summed E-state index contributed by atoms with van der Waals surface area (Å²) < 4.78 is 0. The summed E-state index contributed by atoms with van der Waals surface area (Å²) in [6.45, 7) is 0. The Kier molecular flexibility index (Phi) is 6.58. The lowest BCUT2D eigenvalue weighted by molar-refractivity contribution is 0.247. The lowest BCUT2D eigenvalue weighted by atomic mass is 11.0. The number of carbonyl (C=O) groups is 1. The topological polar surface area (TPSA) is 132 Å². The van der Waals surface area contributed by atoms with Gasteiger partial charge in [-0.05, 0) is 0 Å². The van der Waals surface area contributed by atoms with E-state index < -0.39 is 6.03 Å². The molecule has 0 atom stereocenters. The van der Waals surface area contributed by atoms with Gasteiger partial charge in [0.15, 0.2) is 0 Å². The van der Waals surface area contributed by atoms with Gasteiger partial charge >= 0.3 is 6.03 Å². The zero-order valence-corrected chi connectivity index (χ0v) is 5.81. The Bertz CT molecular complexity index is 134.